The summed E-state index contributed by atoms with van der Waals surface area (Å²) >= 11 is 5.50. The van der Waals surface area contributed by atoms with Crippen LogP contribution in [0.3, 0.4) is 0 Å². The number of aryl methyl sites for hydroxylation is 1. The molecule has 0 fully saturated rings. The second-order valence-electron chi connectivity index (χ2n) is 5.08. The Morgan fingerprint density at radius 1 is 1.35 bits per heavy atom. The molecule has 1 heterocycles. The van der Waals surface area contributed by atoms with E-state index in [1.807, 2.05) is 11.3 Å². The Morgan fingerprint density at radius 3 is 2.53 bits per heavy atom. The van der Waals surface area contributed by atoms with Crippen molar-refractivity contribution in [2.24, 2.45) is 5.92 Å². The van der Waals surface area contributed by atoms with Crippen molar-refractivity contribution in [3.8, 4) is 0 Å². The van der Waals surface area contributed by atoms with Crippen LogP contribution in [0.2, 0.25) is 0 Å². The van der Waals surface area contributed by atoms with Crippen LogP contribution in [-0.4, -0.2) is 6.54 Å². The Bertz CT molecular complexity index is 313. The standard InChI is InChI=1S/C14H24BrNS/c1-5-8-16-12(7-6-10(2)3)13-9-11(4)14(15)17-13/h9-10,12,16H,5-8H2,1-4H3. The lowest BCUT2D eigenvalue weighted by Gasteiger charge is -2.18. The number of hydrogen-bond acceptors (Lipinski definition) is 2. The predicted octanol–water partition coefficient (Wildman–Crippen LogP) is 5.30. The molecule has 17 heavy (non-hydrogen) atoms. The Balaban J connectivity index is 2.67. The van der Waals surface area contributed by atoms with E-state index in [-0.39, 0.29) is 0 Å². The summed E-state index contributed by atoms with van der Waals surface area (Å²) in [7, 11) is 0. The fourth-order valence-corrected chi connectivity index (χ4v) is 3.50. The first-order valence-corrected chi connectivity index (χ1v) is 8.14. The van der Waals surface area contributed by atoms with E-state index < -0.39 is 0 Å². The topological polar surface area (TPSA) is 12.0 Å². The van der Waals surface area contributed by atoms with Gasteiger partial charge in [0.2, 0.25) is 0 Å². The highest BCUT2D eigenvalue weighted by molar-refractivity contribution is 9.11. The first-order chi connectivity index (χ1) is 8.04. The highest BCUT2D eigenvalue weighted by Gasteiger charge is 2.15. The lowest BCUT2D eigenvalue weighted by atomic mass is 10.0. The van der Waals surface area contributed by atoms with Gasteiger partial charge in [0.1, 0.15) is 0 Å². The molecule has 0 radical (unpaired) electrons. The van der Waals surface area contributed by atoms with Gasteiger partial charge < -0.3 is 5.32 Å². The van der Waals surface area contributed by atoms with Gasteiger partial charge in [-0.25, -0.2) is 0 Å². The number of nitrogens with one attached hydrogen (secondary N) is 1. The summed E-state index contributed by atoms with van der Waals surface area (Å²) in [5.74, 6) is 0.783. The average molecular weight is 318 g/mol. The summed E-state index contributed by atoms with van der Waals surface area (Å²) in [5, 5.41) is 3.67. The van der Waals surface area contributed by atoms with Crippen LogP contribution >= 0.6 is 27.3 Å². The van der Waals surface area contributed by atoms with Gasteiger partial charge in [0.25, 0.3) is 0 Å². The van der Waals surface area contributed by atoms with Gasteiger partial charge in [-0.1, -0.05) is 20.8 Å². The first-order valence-electron chi connectivity index (χ1n) is 6.53. The number of halogens is 1. The zero-order valence-corrected chi connectivity index (χ0v) is 13.7. The molecule has 3 heteroatoms. The van der Waals surface area contributed by atoms with Crippen molar-refractivity contribution in [2.45, 2.75) is 53.0 Å². The molecule has 0 saturated heterocycles. The zero-order chi connectivity index (χ0) is 12.8. The van der Waals surface area contributed by atoms with Crippen molar-refractivity contribution in [1.29, 1.82) is 0 Å². The molecule has 0 aliphatic carbocycles. The van der Waals surface area contributed by atoms with Crippen LogP contribution in [0, 0.1) is 12.8 Å². The average Bonchev–Trinajstić information content (AvgIpc) is 2.59. The Morgan fingerprint density at radius 2 is 2.06 bits per heavy atom. The van der Waals surface area contributed by atoms with Gasteiger partial charge in [-0.15, -0.1) is 11.3 Å². The monoisotopic (exact) mass is 317 g/mol. The third kappa shape index (κ3) is 5.11. The molecule has 98 valence electrons. The van der Waals surface area contributed by atoms with E-state index in [9.17, 15) is 0 Å². The predicted molar refractivity (Wildman–Crippen MR) is 81.9 cm³/mol. The third-order valence-corrected chi connectivity index (χ3v) is 5.14. The number of hydrogen-bond donors (Lipinski definition) is 1. The minimum absolute atomic E-state index is 0.535. The molecule has 1 aromatic rings. The van der Waals surface area contributed by atoms with Crippen molar-refractivity contribution in [1.82, 2.24) is 5.32 Å². The van der Waals surface area contributed by atoms with Gasteiger partial charge in [0, 0.05) is 10.9 Å². The van der Waals surface area contributed by atoms with Crippen molar-refractivity contribution < 1.29 is 0 Å². The molecule has 0 bridgehead atoms. The molecule has 1 N–H and O–H groups in total. The minimum Gasteiger partial charge on any atom is -0.309 e. The minimum atomic E-state index is 0.535. The molecule has 1 aromatic heterocycles. The van der Waals surface area contributed by atoms with E-state index in [0.717, 1.165) is 12.5 Å². The first kappa shape index (κ1) is 15.2. The van der Waals surface area contributed by atoms with E-state index in [0.29, 0.717) is 6.04 Å². The summed E-state index contributed by atoms with van der Waals surface area (Å²) in [6.45, 7) is 10.1. The molecule has 1 atom stereocenters. The smallest absolute Gasteiger partial charge is 0.0731 e. The Hall–Kier alpha value is 0.140. The van der Waals surface area contributed by atoms with Crippen LogP contribution in [0.15, 0.2) is 9.85 Å². The zero-order valence-electron chi connectivity index (χ0n) is 11.3. The van der Waals surface area contributed by atoms with Crippen LogP contribution in [0.5, 0.6) is 0 Å². The van der Waals surface area contributed by atoms with Crippen molar-refractivity contribution in [2.75, 3.05) is 6.54 Å². The third-order valence-electron chi connectivity index (χ3n) is 2.89. The fourth-order valence-electron chi connectivity index (χ4n) is 1.82. The Kier molecular flexibility index (Phi) is 6.75. The molecule has 1 nitrogen and oxygen atoms in total. The molecule has 1 rings (SSSR count). The SMILES string of the molecule is CCCNC(CCC(C)C)c1cc(C)c(Br)s1. The molecule has 0 spiro atoms. The van der Waals surface area contributed by atoms with E-state index >= 15 is 0 Å². The molecule has 0 aromatic carbocycles. The molecule has 0 saturated carbocycles. The van der Waals surface area contributed by atoms with Gasteiger partial charge in [-0.05, 0) is 66.2 Å². The normalized spacial score (nSPS) is 13.3. The van der Waals surface area contributed by atoms with E-state index in [2.05, 4.69) is 55.0 Å². The van der Waals surface area contributed by atoms with Gasteiger partial charge in [-0.3, -0.25) is 0 Å². The van der Waals surface area contributed by atoms with Crippen molar-refractivity contribution in [3.05, 3.63) is 20.3 Å². The number of rotatable bonds is 7. The largest absolute Gasteiger partial charge is 0.309 e. The van der Waals surface area contributed by atoms with Crippen LogP contribution in [0.1, 0.15) is 56.5 Å². The maximum Gasteiger partial charge on any atom is 0.0731 e. The summed E-state index contributed by atoms with van der Waals surface area (Å²) in [5.41, 5.74) is 1.36. The second kappa shape index (κ2) is 7.55. The summed E-state index contributed by atoms with van der Waals surface area (Å²) in [4.78, 5) is 1.48. The van der Waals surface area contributed by atoms with Gasteiger partial charge in [0.05, 0.1) is 3.79 Å². The molecular weight excluding hydrogens is 294 g/mol. The molecule has 0 aliphatic heterocycles. The lowest BCUT2D eigenvalue weighted by molar-refractivity contribution is 0.445. The molecular formula is C14H24BrNS. The summed E-state index contributed by atoms with van der Waals surface area (Å²) in [6, 6.07) is 2.86. The van der Waals surface area contributed by atoms with Crippen LogP contribution < -0.4 is 5.32 Å². The number of thiophene rings is 1. The van der Waals surface area contributed by atoms with E-state index in [1.54, 1.807) is 0 Å². The van der Waals surface area contributed by atoms with Crippen LogP contribution in [-0.2, 0) is 0 Å². The van der Waals surface area contributed by atoms with Crippen LogP contribution in [0.4, 0.5) is 0 Å². The van der Waals surface area contributed by atoms with Gasteiger partial charge in [0.15, 0.2) is 0 Å². The van der Waals surface area contributed by atoms with Crippen molar-refractivity contribution in [3.63, 3.8) is 0 Å². The summed E-state index contributed by atoms with van der Waals surface area (Å²) < 4.78 is 1.28. The van der Waals surface area contributed by atoms with Crippen LogP contribution in [0.25, 0.3) is 0 Å². The van der Waals surface area contributed by atoms with Gasteiger partial charge >= 0.3 is 0 Å². The van der Waals surface area contributed by atoms with Gasteiger partial charge in [-0.2, -0.15) is 0 Å². The second-order valence-corrected chi connectivity index (χ2v) is 7.49. The quantitative estimate of drug-likeness (QED) is 0.720. The van der Waals surface area contributed by atoms with Crippen molar-refractivity contribution >= 4 is 27.3 Å². The highest BCUT2D eigenvalue weighted by Crippen LogP contribution is 2.33. The molecule has 0 amide bonds. The lowest BCUT2D eigenvalue weighted by Crippen LogP contribution is -2.21. The van der Waals surface area contributed by atoms with E-state index in [1.165, 1.54) is 33.5 Å². The molecule has 0 aliphatic rings. The van der Waals surface area contributed by atoms with E-state index in [4.69, 9.17) is 0 Å². The summed E-state index contributed by atoms with van der Waals surface area (Å²) in [6.07, 6.45) is 3.73. The molecule has 1 unspecified atom stereocenters. The maximum absolute atomic E-state index is 3.67. The maximum atomic E-state index is 3.67. The highest BCUT2D eigenvalue weighted by atomic mass is 79.9. The Labute approximate surface area is 118 Å². The fraction of sp³-hybridized carbons (Fsp3) is 0.714.